The summed E-state index contributed by atoms with van der Waals surface area (Å²) in [5.41, 5.74) is 3.80. The lowest BCUT2D eigenvalue weighted by Crippen LogP contribution is -2.34. The van der Waals surface area contributed by atoms with E-state index in [4.69, 9.17) is 4.74 Å². The van der Waals surface area contributed by atoms with E-state index >= 15 is 0 Å². The van der Waals surface area contributed by atoms with Crippen LogP contribution in [0.2, 0.25) is 0 Å². The predicted octanol–water partition coefficient (Wildman–Crippen LogP) is 5.26. The highest BCUT2D eigenvalue weighted by molar-refractivity contribution is 7.58. The molecule has 1 aromatic carbocycles. The van der Waals surface area contributed by atoms with Crippen LogP contribution in [-0.2, 0) is 22.7 Å². The molecular weight excluding hydrogens is 395 g/mol. The third-order valence-electron chi connectivity index (χ3n) is 4.66. The molecule has 1 unspecified atom stereocenters. The molecule has 0 spiro atoms. The summed E-state index contributed by atoms with van der Waals surface area (Å²) in [5, 5.41) is 4.28. The van der Waals surface area contributed by atoms with Crippen molar-refractivity contribution in [1.29, 1.82) is 0 Å². The zero-order chi connectivity index (χ0) is 20.8. The summed E-state index contributed by atoms with van der Waals surface area (Å²) in [6.07, 6.45) is 6.24. The molecule has 1 atom stereocenters. The van der Waals surface area contributed by atoms with E-state index in [1.807, 2.05) is 77.6 Å². The monoisotopic (exact) mass is 417 g/mol. The van der Waals surface area contributed by atoms with E-state index in [0.717, 1.165) is 22.4 Å². The lowest BCUT2D eigenvalue weighted by Gasteiger charge is -2.05. The second kappa shape index (κ2) is 9.51. The fourth-order valence-corrected chi connectivity index (χ4v) is 3.63. The molecule has 0 saturated heterocycles. The first kappa shape index (κ1) is 20.0. The van der Waals surface area contributed by atoms with Gasteiger partial charge in [-0.25, -0.2) is 9.55 Å². The van der Waals surface area contributed by atoms with Gasteiger partial charge in [0.15, 0.2) is 24.8 Å². The Kier molecular flexibility index (Phi) is 6.35. The standard InChI is InChI=1S/C23H22N4O2P/c1-30-16-12-20-7-8-21(24-23(20)25-26-30)19-9-13-27(14-10-19)15-11-22(28)29-17-18-5-3-2-4-6-18/h2-10,12-14,16H,11,15,17H2,1H3/q+1. The van der Waals surface area contributed by atoms with Gasteiger partial charge in [-0.15, -0.1) is 5.11 Å². The van der Waals surface area contributed by atoms with E-state index < -0.39 is 8.07 Å². The van der Waals surface area contributed by atoms with Crippen LogP contribution in [0.4, 0.5) is 5.82 Å². The van der Waals surface area contributed by atoms with Crippen LogP contribution in [0.25, 0.3) is 17.3 Å². The van der Waals surface area contributed by atoms with Gasteiger partial charge in [0.05, 0.1) is 13.8 Å². The van der Waals surface area contributed by atoms with E-state index in [9.17, 15) is 4.79 Å². The van der Waals surface area contributed by atoms with Crippen LogP contribution in [0.15, 0.2) is 82.8 Å². The highest BCUT2D eigenvalue weighted by Crippen LogP contribution is 2.40. The maximum absolute atomic E-state index is 12.0. The van der Waals surface area contributed by atoms with Gasteiger partial charge >= 0.3 is 5.97 Å². The van der Waals surface area contributed by atoms with Crippen molar-refractivity contribution in [2.75, 3.05) is 6.66 Å². The average Bonchev–Trinajstić information content (AvgIpc) is 2.98. The first-order chi connectivity index (χ1) is 14.7. The van der Waals surface area contributed by atoms with Crippen molar-refractivity contribution >= 4 is 25.9 Å². The highest BCUT2D eigenvalue weighted by Gasteiger charge is 2.11. The summed E-state index contributed by atoms with van der Waals surface area (Å²) in [5.74, 6) is 2.51. The molecule has 3 heterocycles. The number of carbonyl (C=O) groups is 1. The highest BCUT2D eigenvalue weighted by atomic mass is 31.1. The maximum Gasteiger partial charge on any atom is 0.312 e. The number of fused-ring (bicyclic) bond motifs is 1. The van der Waals surface area contributed by atoms with Crippen molar-refractivity contribution in [3.8, 4) is 11.3 Å². The lowest BCUT2D eigenvalue weighted by molar-refractivity contribution is -0.695. The fraction of sp³-hybridized carbons (Fsp3) is 0.174. The Hall–Kier alpha value is -3.24. The summed E-state index contributed by atoms with van der Waals surface area (Å²) in [7, 11) is -0.562. The number of hydrogen-bond donors (Lipinski definition) is 0. The Bertz CT molecular complexity index is 1080. The number of ether oxygens (including phenoxy) is 1. The molecule has 0 bridgehead atoms. The summed E-state index contributed by atoms with van der Waals surface area (Å²) in [4.78, 5) is 20.9. The molecule has 0 amide bonds. The fourth-order valence-electron chi connectivity index (χ4n) is 2.97. The molecule has 1 aliphatic rings. The van der Waals surface area contributed by atoms with E-state index in [1.54, 1.807) is 0 Å². The number of aryl methyl sites for hydroxylation is 1. The Balaban J connectivity index is 1.35. The van der Waals surface area contributed by atoms with Crippen LogP contribution in [0.3, 0.4) is 0 Å². The van der Waals surface area contributed by atoms with E-state index in [2.05, 4.69) is 27.5 Å². The van der Waals surface area contributed by atoms with Crippen molar-refractivity contribution < 1.29 is 14.1 Å². The van der Waals surface area contributed by atoms with Crippen LogP contribution < -0.4 is 4.57 Å². The van der Waals surface area contributed by atoms with Gasteiger partial charge in [0.25, 0.3) is 0 Å². The summed E-state index contributed by atoms with van der Waals surface area (Å²) >= 11 is 0. The number of hydrogen-bond acceptors (Lipinski definition) is 5. The Morgan fingerprint density at radius 2 is 1.87 bits per heavy atom. The number of pyridine rings is 2. The molecular formula is C23H22N4O2P+. The normalized spacial score (nSPS) is 14.8. The SMILES string of the molecule is CP1C=Cc2ccc(-c3cc[n+](CCC(=O)OCc4ccccc4)cc3)nc2N=N1. The number of esters is 1. The number of aromatic nitrogens is 2. The van der Waals surface area contributed by atoms with Crippen LogP contribution in [0, 0.1) is 0 Å². The summed E-state index contributed by atoms with van der Waals surface area (Å²) in [6.45, 7) is 2.92. The van der Waals surface area contributed by atoms with E-state index in [1.165, 1.54) is 0 Å². The van der Waals surface area contributed by atoms with E-state index in [0.29, 0.717) is 25.4 Å². The molecule has 0 saturated carbocycles. The molecule has 6 nitrogen and oxygen atoms in total. The molecule has 7 heteroatoms. The molecule has 0 aliphatic carbocycles. The Labute approximate surface area is 176 Å². The molecule has 0 fully saturated rings. The predicted molar refractivity (Wildman–Crippen MR) is 117 cm³/mol. The minimum atomic E-state index is -0.562. The van der Waals surface area contributed by atoms with Gasteiger partial charge in [0, 0.05) is 23.3 Å². The van der Waals surface area contributed by atoms with Crippen molar-refractivity contribution in [2.24, 2.45) is 10.00 Å². The molecule has 1 aliphatic heterocycles. The Morgan fingerprint density at radius 3 is 2.67 bits per heavy atom. The van der Waals surface area contributed by atoms with Gasteiger partial charge in [0.2, 0.25) is 0 Å². The zero-order valence-electron chi connectivity index (χ0n) is 16.7. The van der Waals surface area contributed by atoms with Crippen molar-refractivity contribution in [3.05, 3.63) is 83.9 Å². The molecule has 3 aromatic rings. The molecule has 0 N–H and O–H groups in total. The van der Waals surface area contributed by atoms with Gasteiger partial charge < -0.3 is 4.74 Å². The second-order valence-corrected chi connectivity index (χ2v) is 8.53. The third kappa shape index (κ3) is 5.22. The second-order valence-electron chi connectivity index (χ2n) is 6.91. The Morgan fingerprint density at radius 1 is 1.07 bits per heavy atom. The summed E-state index contributed by atoms with van der Waals surface area (Å²) in [6, 6.07) is 17.7. The smallest absolute Gasteiger partial charge is 0.312 e. The molecule has 4 rings (SSSR count). The van der Waals surface area contributed by atoms with Crippen LogP contribution in [0.1, 0.15) is 17.5 Å². The van der Waals surface area contributed by atoms with Crippen LogP contribution >= 0.6 is 8.07 Å². The zero-order valence-corrected chi connectivity index (χ0v) is 17.6. The van der Waals surface area contributed by atoms with Gasteiger partial charge in [-0.3, -0.25) is 4.79 Å². The molecule has 150 valence electrons. The number of carbonyl (C=O) groups excluding carboxylic acids is 1. The first-order valence-electron chi connectivity index (χ1n) is 9.70. The third-order valence-corrected chi connectivity index (χ3v) is 5.61. The largest absolute Gasteiger partial charge is 0.461 e. The minimum Gasteiger partial charge on any atom is -0.461 e. The maximum atomic E-state index is 12.0. The van der Waals surface area contributed by atoms with Crippen molar-refractivity contribution in [2.45, 2.75) is 19.6 Å². The number of rotatable bonds is 6. The van der Waals surface area contributed by atoms with Crippen LogP contribution in [0.5, 0.6) is 0 Å². The number of nitrogens with zero attached hydrogens (tertiary/aromatic N) is 4. The van der Waals surface area contributed by atoms with Gasteiger partial charge in [-0.2, -0.15) is 4.88 Å². The minimum absolute atomic E-state index is 0.211. The quantitative estimate of drug-likeness (QED) is 0.312. The van der Waals surface area contributed by atoms with Crippen LogP contribution in [-0.4, -0.2) is 17.6 Å². The summed E-state index contributed by atoms with van der Waals surface area (Å²) < 4.78 is 7.29. The first-order valence-corrected chi connectivity index (χ1v) is 11.5. The van der Waals surface area contributed by atoms with Gasteiger partial charge in [-0.1, -0.05) is 30.3 Å². The average molecular weight is 417 g/mol. The lowest BCUT2D eigenvalue weighted by atomic mass is 10.1. The molecule has 30 heavy (non-hydrogen) atoms. The molecule has 2 aromatic heterocycles. The van der Waals surface area contributed by atoms with E-state index in [-0.39, 0.29) is 5.97 Å². The molecule has 0 radical (unpaired) electrons. The van der Waals surface area contributed by atoms with Gasteiger partial charge in [-0.05, 0) is 36.3 Å². The van der Waals surface area contributed by atoms with Crippen molar-refractivity contribution in [3.63, 3.8) is 0 Å². The topological polar surface area (TPSA) is 67.8 Å². The van der Waals surface area contributed by atoms with Crippen molar-refractivity contribution in [1.82, 2.24) is 4.98 Å². The van der Waals surface area contributed by atoms with Gasteiger partial charge in [0.1, 0.15) is 13.0 Å². The number of benzene rings is 1.